The van der Waals surface area contributed by atoms with E-state index in [0.717, 1.165) is 0 Å². The SMILES string of the molecule is COc1ccc([C@H]2C(C#N)=C(N)Oc3cc(C)n(CCO)c(=O)c32)c(OC)c1. The molecule has 2 aromatic rings. The first-order valence-electron chi connectivity index (χ1n) is 8.61. The molecule has 0 saturated carbocycles. The third-order valence-electron chi connectivity index (χ3n) is 4.77. The fourth-order valence-electron chi connectivity index (χ4n) is 3.43. The van der Waals surface area contributed by atoms with Crippen molar-refractivity contribution >= 4 is 0 Å². The minimum absolute atomic E-state index is 0.0587. The number of pyridine rings is 1. The topological polar surface area (TPSA) is 120 Å². The van der Waals surface area contributed by atoms with Crippen molar-refractivity contribution < 1.29 is 19.3 Å². The van der Waals surface area contributed by atoms with Crippen molar-refractivity contribution in [1.29, 1.82) is 5.26 Å². The number of allylic oxidation sites excluding steroid dienone is 1. The fraction of sp³-hybridized carbons (Fsp3) is 0.300. The average molecular weight is 383 g/mol. The number of aliphatic hydroxyl groups excluding tert-OH is 1. The predicted molar refractivity (Wildman–Crippen MR) is 101 cm³/mol. The van der Waals surface area contributed by atoms with Gasteiger partial charge in [0.25, 0.3) is 5.56 Å². The largest absolute Gasteiger partial charge is 0.497 e. The van der Waals surface area contributed by atoms with Gasteiger partial charge < -0.3 is 29.6 Å². The number of hydrogen-bond acceptors (Lipinski definition) is 7. The standard InChI is InChI=1S/C20H21N3O5/c1-11-8-16-18(20(25)23(11)6-7-24)17(14(10-21)19(22)28-16)13-5-4-12(26-2)9-15(13)27-3/h4-5,8-9,17,24H,6-7,22H2,1-3H3/t17-/m0/s1. The Hall–Kier alpha value is -3.44. The van der Waals surface area contributed by atoms with Gasteiger partial charge in [-0.1, -0.05) is 6.07 Å². The van der Waals surface area contributed by atoms with E-state index in [1.807, 2.05) is 0 Å². The minimum Gasteiger partial charge on any atom is -0.497 e. The van der Waals surface area contributed by atoms with Gasteiger partial charge in [-0.3, -0.25) is 4.79 Å². The number of nitrogens with two attached hydrogens (primary N) is 1. The summed E-state index contributed by atoms with van der Waals surface area (Å²) in [6.07, 6.45) is 0. The highest BCUT2D eigenvalue weighted by atomic mass is 16.5. The molecule has 0 unspecified atom stereocenters. The van der Waals surface area contributed by atoms with E-state index in [1.54, 1.807) is 31.2 Å². The minimum atomic E-state index is -0.771. The Kier molecular flexibility index (Phi) is 5.29. The number of hydrogen-bond donors (Lipinski definition) is 2. The van der Waals surface area contributed by atoms with Gasteiger partial charge in [-0.25, -0.2) is 0 Å². The number of nitriles is 1. The Bertz CT molecular complexity index is 1050. The van der Waals surface area contributed by atoms with Gasteiger partial charge in [0.2, 0.25) is 5.88 Å². The summed E-state index contributed by atoms with van der Waals surface area (Å²) in [6.45, 7) is 1.68. The summed E-state index contributed by atoms with van der Waals surface area (Å²) in [6, 6.07) is 8.87. The molecular formula is C20H21N3O5. The molecule has 0 amide bonds. The second-order valence-corrected chi connectivity index (χ2v) is 6.28. The molecular weight excluding hydrogens is 362 g/mol. The Morgan fingerprint density at radius 3 is 2.68 bits per heavy atom. The summed E-state index contributed by atoms with van der Waals surface area (Å²) in [5.74, 6) is 0.483. The van der Waals surface area contributed by atoms with Gasteiger partial charge in [-0.05, 0) is 13.0 Å². The van der Waals surface area contributed by atoms with E-state index in [-0.39, 0.29) is 41.5 Å². The molecule has 1 aliphatic rings. The molecule has 0 saturated heterocycles. The number of aromatic nitrogens is 1. The van der Waals surface area contributed by atoms with E-state index >= 15 is 0 Å². The molecule has 0 fully saturated rings. The maximum absolute atomic E-state index is 13.2. The fourth-order valence-corrected chi connectivity index (χ4v) is 3.43. The van der Waals surface area contributed by atoms with Crippen molar-refractivity contribution in [2.24, 2.45) is 5.73 Å². The maximum Gasteiger partial charge on any atom is 0.258 e. The van der Waals surface area contributed by atoms with Gasteiger partial charge >= 0.3 is 0 Å². The van der Waals surface area contributed by atoms with Crippen LogP contribution in [-0.2, 0) is 6.54 Å². The van der Waals surface area contributed by atoms with E-state index in [2.05, 4.69) is 6.07 Å². The van der Waals surface area contributed by atoms with Crippen LogP contribution in [0.4, 0.5) is 0 Å². The third-order valence-corrected chi connectivity index (χ3v) is 4.77. The summed E-state index contributed by atoms with van der Waals surface area (Å²) in [7, 11) is 3.03. The van der Waals surface area contributed by atoms with E-state index < -0.39 is 5.92 Å². The molecule has 1 aromatic heterocycles. The van der Waals surface area contributed by atoms with Crippen molar-refractivity contribution in [3.8, 4) is 23.3 Å². The first-order chi connectivity index (χ1) is 13.5. The zero-order chi connectivity index (χ0) is 20.4. The first kappa shape index (κ1) is 19.3. The second kappa shape index (κ2) is 7.66. The molecule has 1 aliphatic heterocycles. The summed E-state index contributed by atoms with van der Waals surface area (Å²) < 4.78 is 17.8. The highest BCUT2D eigenvalue weighted by Gasteiger charge is 2.36. The molecule has 28 heavy (non-hydrogen) atoms. The smallest absolute Gasteiger partial charge is 0.258 e. The zero-order valence-corrected chi connectivity index (χ0v) is 15.9. The number of ether oxygens (including phenoxy) is 3. The monoisotopic (exact) mass is 383 g/mol. The molecule has 0 radical (unpaired) electrons. The highest BCUT2D eigenvalue weighted by Crippen LogP contribution is 2.44. The van der Waals surface area contributed by atoms with Crippen LogP contribution in [0.25, 0.3) is 0 Å². The molecule has 3 rings (SSSR count). The van der Waals surface area contributed by atoms with Crippen LogP contribution in [-0.4, -0.2) is 30.5 Å². The van der Waals surface area contributed by atoms with Crippen LogP contribution in [0.2, 0.25) is 0 Å². The van der Waals surface area contributed by atoms with Gasteiger partial charge in [0.1, 0.15) is 28.9 Å². The number of methoxy groups -OCH3 is 2. The first-order valence-corrected chi connectivity index (χ1v) is 8.61. The normalized spacial score (nSPS) is 15.5. The van der Waals surface area contributed by atoms with Gasteiger partial charge in [-0.2, -0.15) is 5.26 Å². The number of nitrogens with zero attached hydrogens (tertiary/aromatic N) is 2. The lowest BCUT2D eigenvalue weighted by molar-refractivity contribution is 0.272. The van der Waals surface area contributed by atoms with Crippen LogP contribution in [0.3, 0.4) is 0 Å². The predicted octanol–water partition coefficient (Wildman–Crippen LogP) is 1.38. The molecule has 8 nitrogen and oxygen atoms in total. The third kappa shape index (κ3) is 3.06. The van der Waals surface area contributed by atoms with Crippen molar-refractivity contribution in [2.45, 2.75) is 19.4 Å². The lowest BCUT2D eigenvalue weighted by Crippen LogP contribution is -2.33. The van der Waals surface area contributed by atoms with E-state index in [1.165, 1.54) is 18.8 Å². The van der Waals surface area contributed by atoms with Crippen LogP contribution >= 0.6 is 0 Å². The maximum atomic E-state index is 13.2. The van der Waals surface area contributed by atoms with Crippen LogP contribution in [0.1, 0.15) is 22.7 Å². The van der Waals surface area contributed by atoms with Crippen molar-refractivity contribution in [2.75, 3.05) is 20.8 Å². The molecule has 0 spiro atoms. The number of aliphatic hydroxyl groups is 1. The molecule has 3 N–H and O–H groups in total. The molecule has 2 heterocycles. The number of fused-ring (bicyclic) bond motifs is 1. The molecule has 8 heteroatoms. The van der Waals surface area contributed by atoms with Crippen LogP contribution in [0, 0.1) is 18.3 Å². The molecule has 1 aromatic carbocycles. The Labute approximate surface area is 162 Å². The Balaban J connectivity index is 2.34. The number of rotatable bonds is 5. The summed E-state index contributed by atoms with van der Waals surface area (Å²) in [4.78, 5) is 13.2. The van der Waals surface area contributed by atoms with Gasteiger partial charge in [0, 0.05) is 29.9 Å². The summed E-state index contributed by atoms with van der Waals surface area (Å²) >= 11 is 0. The Morgan fingerprint density at radius 1 is 1.32 bits per heavy atom. The quantitative estimate of drug-likeness (QED) is 0.800. The average Bonchev–Trinajstić information content (AvgIpc) is 2.69. The number of benzene rings is 1. The lowest BCUT2D eigenvalue weighted by Gasteiger charge is -2.28. The van der Waals surface area contributed by atoms with Crippen molar-refractivity contribution in [3.05, 3.63) is 62.9 Å². The van der Waals surface area contributed by atoms with E-state index in [4.69, 9.17) is 19.9 Å². The molecule has 0 aliphatic carbocycles. The molecule has 1 atom stereocenters. The van der Waals surface area contributed by atoms with Crippen molar-refractivity contribution in [3.63, 3.8) is 0 Å². The summed E-state index contributed by atoms with van der Waals surface area (Å²) in [5, 5.41) is 19.0. The highest BCUT2D eigenvalue weighted by molar-refractivity contribution is 5.59. The molecule has 0 bridgehead atoms. The summed E-state index contributed by atoms with van der Waals surface area (Å²) in [5.41, 5.74) is 7.24. The van der Waals surface area contributed by atoms with E-state index in [9.17, 15) is 15.2 Å². The Morgan fingerprint density at radius 2 is 2.07 bits per heavy atom. The lowest BCUT2D eigenvalue weighted by atomic mass is 9.83. The van der Waals surface area contributed by atoms with Crippen LogP contribution < -0.4 is 25.5 Å². The van der Waals surface area contributed by atoms with E-state index in [0.29, 0.717) is 22.8 Å². The van der Waals surface area contributed by atoms with Crippen molar-refractivity contribution in [1.82, 2.24) is 4.57 Å². The number of aryl methyl sites for hydroxylation is 1. The molecule has 146 valence electrons. The van der Waals surface area contributed by atoms with Crippen LogP contribution in [0.15, 0.2) is 40.5 Å². The second-order valence-electron chi connectivity index (χ2n) is 6.28. The zero-order valence-electron chi connectivity index (χ0n) is 15.9. The van der Waals surface area contributed by atoms with Crippen LogP contribution in [0.5, 0.6) is 17.2 Å². The van der Waals surface area contributed by atoms with Gasteiger partial charge in [-0.15, -0.1) is 0 Å². The van der Waals surface area contributed by atoms with Gasteiger partial charge in [0.15, 0.2) is 0 Å². The van der Waals surface area contributed by atoms with Gasteiger partial charge in [0.05, 0.1) is 32.3 Å².